The van der Waals surface area contributed by atoms with E-state index in [4.69, 9.17) is 10.4 Å². The number of aryl methyl sites for hydroxylation is 1. The molecule has 5 rings (SSSR count). The van der Waals surface area contributed by atoms with Crippen molar-refractivity contribution in [3.63, 3.8) is 0 Å². The van der Waals surface area contributed by atoms with Crippen LogP contribution in [0.4, 0.5) is 5.69 Å². The van der Waals surface area contributed by atoms with Gasteiger partial charge in [0.15, 0.2) is 11.2 Å². The third-order valence-corrected chi connectivity index (χ3v) is 5.53. The molecule has 2 N–H and O–H groups in total. The molecule has 136 valence electrons. The van der Waals surface area contributed by atoms with Gasteiger partial charge in [0.2, 0.25) is 5.65 Å². The second kappa shape index (κ2) is 6.11. The van der Waals surface area contributed by atoms with E-state index < -0.39 is 0 Å². The van der Waals surface area contributed by atoms with Gasteiger partial charge in [-0.1, -0.05) is 6.07 Å². The van der Waals surface area contributed by atoms with Crippen LogP contribution in [0.2, 0.25) is 0 Å². The summed E-state index contributed by atoms with van der Waals surface area (Å²) in [7, 11) is 0. The maximum Gasteiger partial charge on any atom is 0.226 e. The molecule has 28 heavy (non-hydrogen) atoms. The second-order valence-electron chi connectivity index (χ2n) is 6.25. The quantitative estimate of drug-likeness (QED) is 0.499. The summed E-state index contributed by atoms with van der Waals surface area (Å²) >= 11 is 1.41. The van der Waals surface area contributed by atoms with Gasteiger partial charge in [0, 0.05) is 28.8 Å². The predicted octanol–water partition coefficient (Wildman–Crippen LogP) is 2.74. The number of rotatable bonds is 3. The number of thiophene rings is 1. The van der Waals surface area contributed by atoms with Gasteiger partial charge in [-0.25, -0.2) is 9.61 Å². The first kappa shape index (κ1) is 16.3. The Bertz CT molecular complexity index is 1390. The molecule has 0 radical (unpaired) electrons. The lowest BCUT2D eigenvalue weighted by atomic mass is 10.0. The van der Waals surface area contributed by atoms with E-state index in [1.165, 1.54) is 11.3 Å². The number of nitrogens with two attached hydrogens (primary N) is 1. The van der Waals surface area contributed by atoms with Crippen LogP contribution < -0.4 is 5.73 Å². The molecule has 0 aliphatic heterocycles. The zero-order chi connectivity index (χ0) is 19.3. The maximum atomic E-state index is 9.35. The number of nitrogens with zero attached hydrogens (tertiary/aromatic N) is 7. The van der Waals surface area contributed by atoms with Crippen molar-refractivity contribution in [2.45, 2.75) is 13.3 Å². The molecule has 0 amide bonds. The predicted molar refractivity (Wildman–Crippen MR) is 103 cm³/mol. The molecule has 5 aromatic rings. The van der Waals surface area contributed by atoms with Crippen LogP contribution in [0.25, 0.3) is 28.1 Å². The fourth-order valence-corrected chi connectivity index (χ4v) is 4.02. The van der Waals surface area contributed by atoms with Crippen LogP contribution in [0.15, 0.2) is 34.5 Å². The lowest BCUT2D eigenvalue weighted by molar-refractivity contribution is 0.315. The summed E-state index contributed by atoms with van der Waals surface area (Å²) in [6.45, 7) is 1.87. The molecule has 0 saturated carbocycles. The molecule has 0 atom stereocenters. The summed E-state index contributed by atoms with van der Waals surface area (Å²) in [5.74, 6) is 0. The van der Waals surface area contributed by atoms with E-state index in [1.54, 1.807) is 6.33 Å². The third kappa shape index (κ3) is 2.34. The van der Waals surface area contributed by atoms with Crippen molar-refractivity contribution in [2.75, 3.05) is 5.73 Å². The molecular weight excluding hydrogens is 376 g/mol. The van der Waals surface area contributed by atoms with Crippen molar-refractivity contribution in [2.24, 2.45) is 0 Å². The number of anilines is 1. The first-order valence-corrected chi connectivity index (χ1v) is 9.22. The Morgan fingerprint density at radius 3 is 3.04 bits per heavy atom. The maximum absolute atomic E-state index is 9.35. The number of hydrogen-bond acceptors (Lipinski definition) is 9. The lowest BCUT2D eigenvalue weighted by Crippen LogP contribution is -2.04. The van der Waals surface area contributed by atoms with Crippen LogP contribution in [0.3, 0.4) is 0 Å². The standard InChI is InChI=1S/C18H12N8OS/c1-9-12(15(20)16-17(22-9)25-27-24-16)6-10-2-3-13(26-8-21-23-18(10)26)11-4-5-28-14(11)7-19/h2-5,8H,6,20H2,1H3. The van der Waals surface area contributed by atoms with Gasteiger partial charge in [-0.15, -0.1) is 21.5 Å². The fourth-order valence-electron chi connectivity index (χ4n) is 3.32. The van der Waals surface area contributed by atoms with Gasteiger partial charge in [-0.3, -0.25) is 4.40 Å². The average molecular weight is 388 g/mol. The van der Waals surface area contributed by atoms with Crippen molar-refractivity contribution in [3.05, 3.63) is 51.6 Å². The van der Waals surface area contributed by atoms with Crippen molar-refractivity contribution in [1.82, 2.24) is 29.9 Å². The third-order valence-electron chi connectivity index (χ3n) is 4.71. The Hall–Kier alpha value is -3.84. The fraction of sp³-hybridized carbons (Fsp3) is 0.111. The minimum atomic E-state index is 0.392. The summed E-state index contributed by atoms with van der Waals surface area (Å²) in [5.41, 5.74) is 12.6. The number of pyridine rings is 2. The Kier molecular flexibility index (Phi) is 3.56. The highest BCUT2D eigenvalue weighted by molar-refractivity contribution is 7.11. The molecule has 5 aromatic heterocycles. The molecule has 0 fully saturated rings. The number of hydrogen-bond donors (Lipinski definition) is 1. The van der Waals surface area contributed by atoms with Crippen molar-refractivity contribution in [1.29, 1.82) is 5.26 Å². The van der Waals surface area contributed by atoms with Crippen LogP contribution in [0.1, 0.15) is 21.7 Å². The molecule has 0 spiro atoms. The van der Waals surface area contributed by atoms with E-state index in [0.717, 1.165) is 28.1 Å². The van der Waals surface area contributed by atoms with E-state index >= 15 is 0 Å². The zero-order valence-corrected chi connectivity index (χ0v) is 15.4. The topological polar surface area (TPSA) is 132 Å². The lowest BCUT2D eigenvalue weighted by Gasteiger charge is -2.11. The molecule has 5 heterocycles. The van der Waals surface area contributed by atoms with Crippen LogP contribution in [0, 0.1) is 18.3 Å². The molecule has 0 saturated heterocycles. The van der Waals surface area contributed by atoms with Crippen molar-refractivity contribution in [3.8, 4) is 17.3 Å². The van der Waals surface area contributed by atoms with E-state index in [-0.39, 0.29) is 0 Å². The Morgan fingerprint density at radius 2 is 2.18 bits per heavy atom. The van der Waals surface area contributed by atoms with Crippen molar-refractivity contribution >= 4 is 33.8 Å². The Morgan fingerprint density at radius 1 is 1.29 bits per heavy atom. The summed E-state index contributed by atoms with van der Waals surface area (Å²) in [6.07, 6.45) is 2.15. The Balaban J connectivity index is 1.65. The van der Waals surface area contributed by atoms with Gasteiger partial charge in [0.05, 0.1) is 11.4 Å². The minimum absolute atomic E-state index is 0.392. The van der Waals surface area contributed by atoms with E-state index in [9.17, 15) is 5.26 Å². The smallest absolute Gasteiger partial charge is 0.226 e. The number of nitrogen functional groups attached to an aromatic ring is 1. The van der Waals surface area contributed by atoms with E-state index in [1.807, 2.05) is 34.9 Å². The van der Waals surface area contributed by atoms with Gasteiger partial charge in [0.1, 0.15) is 17.3 Å². The molecule has 10 heteroatoms. The highest BCUT2D eigenvalue weighted by Crippen LogP contribution is 2.31. The van der Waals surface area contributed by atoms with Crippen LogP contribution in [-0.4, -0.2) is 29.9 Å². The van der Waals surface area contributed by atoms with E-state index in [2.05, 4.69) is 31.6 Å². The van der Waals surface area contributed by atoms with Gasteiger partial charge >= 0.3 is 0 Å². The van der Waals surface area contributed by atoms with Crippen LogP contribution in [0.5, 0.6) is 0 Å². The molecular formula is C18H12N8OS. The first-order chi connectivity index (χ1) is 13.7. The molecule has 0 aliphatic rings. The Labute approximate surface area is 162 Å². The van der Waals surface area contributed by atoms with E-state index in [0.29, 0.717) is 33.8 Å². The molecule has 0 bridgehead atoms. The number of fused-ring (bicyclic) bond motifs is 2. The van der Waals surface area contributed by atoms with Crippen LogP contribution >= 0.6 is 11.3 Å². The summed E-state index contributed by atoms with van der Waals surface area (Å²) in [5, 5.41) is 27.2. The number of nitriles is 1. The highest BCUT2D eigenvalue weighted by Gasteiger charge is 2.18. The highest BCUT2D eigenvalue weighted by atomic mass is 32.1. The van der Waals surface area contributed by atoms with Gasteiger partial charge in [-0.05, 0) is 34.7 Å². The molecule has 0 aromatic carbocycles. The van der Waals surface area contributed by atoms with Crippen LogP contribution in [-0.2, 0) is 6.42 Å². The minimum Gasteiger partial charge on any atom is -0.396 e. The SMILES string of the molecule is Cc1nc2nonc2c(N)c1Cc1ccc(-c2ccsc2C#N)n2cnnc12. The van der Waals surface area contributed by atoms with Gasteiger partial charge in [-0.2, -0.15) is 5.26 Å². The zero-order valence-electron chi connectivity index (χ0n) is 14.6. The monoisotopic (exact) mass is 388 g/mol. The summed E-state index contributed by atoms with van der Waals surface area (Å²) in [4.78, 5) is 5.07. The summed E-state index contributed by atoms with van der Waals surface area (Å²) in [6, 6.07) is 8.09. The molecule has 9 nitrogen and oxygen atoms in total. The molecule has 0 unspecified atom stereocenters. The normalized spacial score (nSPS) is 11.3. The van der Waals surface area contributed by atoms with Crippen molar-refractivity contribution < 1.29 is 4.63 Å². The number of aromatic nitrogens is 6. The first-order valence-electron chi connectivity index (χ1n) is 8.34. The second-order valence-corrected chi connectivity index (χ2v) is 7.16. The molecule has 0 aliphatic carbocycles. The van der Waals surface area contributed by atoms with Gasteiger partial charge in [0.25, 0.3) is 0 Å². The van der Waals surface area contributed by atoms with Gasteiger partial charge < -0.3 is 5.73 Å². The summed E-state index contributed by atoms with van der Waals surface area (Å²) < 4.78 is 6.63. The average Bonchev–Trinajstić information content (AvgIpc) is 3.44. The largest absolute Gasteiger partial charge is 0.396 e.